The summed E-state index contributed by atoms with van der Waals surface area (Å²) in [5.74, 6) is -3.48. The highest BCUT2D eigenvalue weighted by Gasteiger charge is 2.39. The fraction of sp³-hybridized carbons (Fsp3) is 0.568. The molecule has 2 aliphatic rings. The van der Waals surface area contributed by atoms with E-state index < -0.39 is 73.3 Å². The summed E-state index contributed by atoms with van der Waals surface area (Å²) in [4.78, 5) is 95.8. The Morgan fingerprint density at radius 3 is 2.07 bits per heavy atom. The Morgan fingerprint density at radius 1 is 0.820 bits per heavy atom. The second-order valence-corrected chi connectivity index (χ2v) is 19.1. The topological polar surface area (TPSA) is 210 Å². The van der Waals surface area contributed by atoms with E-state index in [2.05, 4.69) is 21.3 Å². The zero-order valence-electron chi connectivity index (χ0n) is 36.3. The molecule has 0 radical (unpaired) electrons. The molecule has 0 aromatic heterocycles. The van der Waals surface area contributed by atoms with E-state index >= 15 is 0 Å². The Labute approximate surface area is 359 Å². The lowest BCUT2D eigenvalue weighted by Gasteiger charge is -2.28. The number of amides is 7. The number of imide groups is 1. The van der Waals surface area contributed by atoms with Gasteiger partial charge in [0.2, 0.25) is 31.0 Å². The molecule has 5 atom stereocenters. The summed E-state index contributed by atoms with van der Waals surface area (Å²) in [6.07, 6.45) is 1.05. The Bertz CT molecular complexity index is 1870. The van der Waals surface area contributed by atoms with Crippen LogP contribution in [0.15, 0.2) is 54.6 Å². The average molecular weight is 867 g/mol. The molecule has 334 valence electrons. The Hall–Kier alpha value is -5.08. The first-order valence-electron chi connectivity index (χ1n) is 21.3. The fourth-order valence-electron chi connectivity index (χ4n) is 7.71. The molecule has 7 amide bonds. The molecule has 0 saturated carbocycles. The van der Waals surface area contributed by atoms with E-state index in [1.807, 2.05) is 58.0 Å². The minimum absolute atomic E-state index is 0.0226. The van der Waals surface area contributed by atoms with Gasteiger partial charge in [-0.15, -0.1) is 0 Å². The average Bonchev–Trinajstić information content (AvgIpc) is 3.82. The third-order valence-electron chi connectivity index (χ3n) is 10.7. The SMILES string of the molecule is CCOP(=O)(CNC(=O)[C@H](CCCCN1C(=O)c2ccccc2C1=O)NC(=O)[C@@H]1CCCN1C(=O)OCc1ccccc1)CC(CC(C)C)C(=O)N[C@@H](CC(C)C)C(=O)NC. The van der Waals surface area contributed by atoms with E-state index in [4.69, 9.17) is 9.26 Å². The van der Waals surface area contributed by atoms with Crippen LogP contribution in [-0.2, 0) is 39.6 Å². The van der Waals surface area contributed by atoms with Gasteiger partial charge in [0.15, 0.2) is 0 Å². The van der Waals surface area contributed by atoms with Crippen LogP contribution < -0.4 is 21.3 Å². The van der Waals surface area contributed by atoms with Crippen LogP contribution in [0, 0.1) is 17.8 Å². The first-order chi connectivity index (χ1) is 29.1. The van der Waals surface area contributed by atoms with Crippen molar-refractivity contribution in [2.24, 2.45) is 17.8 Å². The molecular formula is C44H63N6O10P. The lowest BCUT2D eigenvalue weighted by Crippen LogP contribution is -2.53. The molecule has 4 N–H and O–H groups in total. The molecule has 2 aromatic rings. The largest absolute Gasteiger partial charge is 0.445 e. The molecule has 2 unspecified atom stereocenters. The van der Waals surface area contributed by atoms with E-state index in [-0.39, 0.29) is 56.6 Å². The molecule has 2 aliphatic heterocycles. The predicted octanol–water partition coefficient (Wildman–Crippen LogP) is 5.07. The van der Waals surface area contributed by atoms with Gasteiger partial charge in [0.05, 0.1) is 24.0 Å². The summed E-state index contributed by atoms with van der Waals surface area (Å²) >= 11 is 0. The van der Waals surface area contributed by atoms with Crippen molar-refractivity contribution in [3.8, 4) is 0 Å². The number of likely N-dealkylation sites (tertiary alicyclic amines) is 1. The molecule has 17 heteroatoms. The Balaban J connectivity index is 1.47. The molecular weight excluding hydrogens is 803 g/mol. The predicted molar refractivity (Wildman–Crippen MR) is 229 cm³/mol. The number of benzene rings is 2. The van der Waals surface area contributed by atoms with Crippen LogP contribution in [0.4, 0.5) is 4.79 Å². The van der Waals surface area contributed by atoms with Crippen molar-refractivity contribution in [3.05, 3.63) is 71.3 Å². The van der Waals surface area contributed by atoms with Gasteiger partial charge in [0.25, 0.3) is 11.8 Å². The van der Waals surface area contributed by atoms with Crippen LogP contribution in [0.3, 0.4) is 0 Å². The van der Waals surface area contributed by atoms with Crippen LogP contribution >= 0.6 is 7.37 Å². The molecule has 0 bridgehead atoms. The number of nitrogens with zero attached hydrogens (tertiary/aromatic N) is 2. The van der Waals surface area contributed by atoms with E-state index in [0.717, 1.165) is 10.5 Å². The highest BCUT2D eigenvalue weighted by molar-refractivity contribution is 7.59. The second-order valence-electron chi connectivity index (χ2n) is 16.5. The van der Waals surface area contributed by atoms with Crippen molar-refractivity contribution in [2.45, 2.75) is 104 Å². The maximum Gasteiger partial charge on any atom is 0.410 e. The van der Waals surface area contributed by atoms with Crippen LogP contribution in [0.2, 0.25) is 0 Å². The monoisotopic (exact) mass is 866 g/mol. The van der Waals surface area contributed by atoms with Gasteiger partial charge in [-0.1, -0.05) is 70.2 Å². The zero-order valence-corrected chi connectivity index (χ0v) is 37.2. The summed E-state index contributed by atoms with van der Waals surface area (Å²) in [6, 6.07) is 12.9. The molecule has 1 saturated heterocycles. The van der Waals surface area contributed by atoms with Crippen molar-refractivity contribution < 1.29 is 47.4 Å². The maximum absolute atomic E-state index is 14.5. The van der Waals surface area contributed by atoms with E-state index in [0.29, 0.717) is 49.7 Å². The standard InChI is InChI=1S/C44H63N6O10P/c1-7-60-61(58,27-32(24-29(2)3)38(51)48-36(25-30(4)5)39(52)45-6)28-46-40(53)35(20-13-14-22-50-42(55)33-18-11-12-19-34(33)43(50)56)47-41(54)37-21-15-23-49(37)44(57)59-26-31-16-9-8-10-17-31/h8-12,16-19,29-30,32,35-37H,7,13-15,20-28H2,1-6H3,(H,45,52)(H,46,53)(H,47,54)(H,48,51)/t32?,35-,36-,37-,61?/m0/s1. The Kier molecular flexibility index (Phi) is 18.5. The lowest BCUT2D eigenvalue weighted by atomic mass is 9.96. The van der Waals surface area contributed by atoms with Crippen molar-refractivity contribution in [2.75, 3.05) is 39.2 Å². The summed E-state index contributed by atoms with van der Waals surface area (Å²) < 4.78 is 25.8. The van der Waals surface area contributed by atoms with Crippen LogP contribution in [0.1, 0.15) is 106 Å². The van der Waals surface area contributed by atoms with Crippen molar-refractivity contribution in [3.63, 3.8) is 0 Å². The molecule has 2 heterocycles. The number of hydrogen-bond donors (Lipinski definition) is 4. The van der Waals surface area contributed by atoms with Crippen molar-refractivity contribution >= 4 is 48.9 Å². The Morgan fingerprint density at radius 2 is 1.46 bits per heavy atom. The number of unbranched alkanes of at least 4 members (excludes halogenated alkanes) is 1. The minimum Gasteiger partial charge on any atom is -0.445 e. The summed E-state index contributed by atoms with van der Waals surface area (Å²) in [6.45, 7) is 9.82. The van der Waals surface area contributed by atoms with Gasteiger partial charge in [-0.25, -0.2) is 4.79 Å². The summed E-state index contributed by atoms with van der Waals surface area (Å²) in [5, 5.41) is 11.0. The van der Waals surface area contributed by atoms with Gasteiger partial charge < -0.3 is 30.5 Å². The quantitative estimate of drug-likeness (QED) is 0.0663. The van der Waals surface area contributed by atoms with Gasteiger partial charge >= 0.3 is 6.09 Å². The van der Waals surface area contributed by atoms with Crippen LogP contribution in [-0.4, -0.2) is 109 Å². The normalized spacial score (nSPS) is 17.3. The van der Waals surface area contributed by atoms with E-state index in [1.54, 1.807) is 31.2 Å². The molecule has 16 nitrogen and oxygen atoms in total. The number of carbonyl (C=O) groups is 7. The number of likely N-dealkylation sites (N-methyl/N-ethyl adjacent to an activating group) is 1. The van der Waals surface area contributed by atoms with Gasteiger partial charge in [0.1, 0.15) is 24.7 Å². The van der Waals surface area contributed by atoms with Gasteiger partial charge in [-0.3, -0.25) is 43.1 Å². The number of hydrogen-bond acceptors (Lipinski definition) is 10. The molecule has 2 aromatic carbocycles. The zero-order chi connectivity index (χ0) is 44.7. The first-order valence-corrected chi connectivity index (χ1v) is 23.3. The molecule has 0 spiro atoms. The molecule has 61 heavy (non-hydrogen) atoms. The van der Waals surface area contributed by atoms with Crippen molar-refractivity contribution in [1.82, 2.24) is 31.1 Å². The van der Waals surface area contributed by atoms with Crippen LogP contribution in [0.5, 0.6) is 0 Å². The second kappa shape index (κ2) is 23.2. The molecule has 0 aliphatic carbocycles. The van der Waals surface area contributed by atoms with Crippen LogP contribution in [0.25, 0.3) is 0 Å². The molecule has 4 rings (SSSR count). The number of fused-ring (bicyclic) bond motifs is 1. The van der Waals surface area contributed by atoms with E-state index in [1.165, 1.54) is 11.9 Å². The summed E-state index contributed by atoms with van der Waals surface area (Å²) in [5.41, 5.74) is 1.44. The minimum atomic E-state index is -3.74. The highest BCUT2D eigenvalue weighted by atomic mass is 31.2. The van der Waals surface area contributed by atoms with Gasteiger partial charge in [-0.05, 0) is 81.4 Å². The maximum atomic E-state index is 14.5. The first kappa shape index (κ1) is 48.6. The lowest BCUT2D eigenvalue weighted by molar-refractivity contribution is -0.131. The number of rotatable bonds is 23. The molecule has 1 fully saturated rings. The number of nitrogens with one attached hydrogen (secondary N) is 4. The number of carbonyl (C=O) groups excluding carboxylic acids is 7. The van der Waals surface area contributed by atoms with Gasteiger partial charge in [-0.2, -0.15) is 0 Å². The van der Waals surface area contributed by atoms with Gasteiger partial charge in [0, 0.05) is 32.2 Å². The van der Waals surface area contributed by atoms with Crippen molar-refractivity contribution in [1.29, 1.82) is 0 Å². The summed E-state index contributed by atoms with van der Waals surface area (Å²) in [7, 11) is -2.24. The third-order valence-corrected chi connectivity index (χ3v) is 13.1. The smallest absolute Gasteiger partial charge is 0.410 e. The highest BCUT2D eigenvalue weighted by Crippen LogP contribution is 2.48. The number of ether oxygens (including phenoxy) is 1. The fourth-order valence-corrected chi connectivity index (χ4v) is 9.89. The third kappa shape index (κ3) is 14.0. The van der Waals surface area contributed by atoms with E-state index in [9.17, 15) is 38.1 Å².